The fourth-order valence-electron chi connectivity index (χ4n) is 1.79. The average molecular weight is 297 g/mol. The highest BCUT2D eigenvalue weighted by Gasteiger charge is 2.10. The molecular formula is C16H27NO4. The highest BCUT2D eigenvalue weighted by atomic mass is 16.6. The Morgan fingerprint density at radius 1 is 1.05 bits per heavy atom. The van der Waals surface area contributed by atoms with E-state index in [0.717, 1.165) is 13.0 Å². The Morgan fingerprint density at radius 3 is 2.29 bits per heavy atom. The van der Waals surface area contributed by atoms with Crippen LogP contribution in [0, 0.1) is 0 Å². The first-order chi connectivity index (χ1) is 10.2. The largest absolute Gasteiger partial charge is 0.493 e. The highest BCUT2D eigenvalue weighted by Crippen LogP contribution is 2.36. The Hall–Kier alpha value is -1.46. The predicted molar refractivity (Wildman–Crippen MR) is 83.6 cm³/mol. The lowest BCUT2D eigenvalue weighted by Crippen LogP contribution is -2.29. The summed E-state index contributed by atoms with van der Waals surface area (Å²) < 4.78 is 21.8. The molecule has 0 radical (unpaired) electrons. The van der Waals surface area contributed by atoms with E-state index < -0.39 is 0 Å². The maximum Gasteiger partial charge on any atom is 0.203 e. The fourth-order valence-corrected chi connectivity index (χ4v) is 1.79. The first-order valence-electron chi connectivity index (χ1n) is 7.37. The van der Waals surface area contributed by atoms with Gasteiger partial charge in [-0.05, 0) is 25.5 Å². The molecule has 120 valence electrons. The number of methoxy groups -OCH3 is 2. The van der Waals surface area contributed by atoms with Gasteiger partial charge in [0.2, 0.25) is 5.75 Å². The van der Waals surface area contributed by atoms with Crippen molar-refractivity contribution in [2.75, 3.05) is 40.6 Å². The van der Waals surface area contributed by atoms with Crippen LogP contribution in [0.15, 0.2) is 18.2 Å². The van der Waals surface area contributed by atoms with Crippen LogP contribution in [0.1, 0.15) is 20.3 Å². The van der Waals surface area contributed by atoms with E-state index in [4.69, 9.17) is 18.9 Å². The van der Waals surface area contributed by atoms with E-state index in [1.54, 1.807) is 14.2 Å². The van der Waals surface area contributed by atoms with Crippen molar-refractivity contribution in [1.82, 2.24) is 5.32 Å². The summed E-state index contributed by atoms with van der Waals surface area (Å²) in [5.41, 5.74) is 0. The minimum Gasteiger partial charge on any atom is -0.493 e. The van der Waals surface area contributed by atoms with Crippen LogP contribution in [0.3, 0.4) is 0 Å². The van der Waals surface area contributed by atoms with Crippen LogP contribution in [0.4, 0.5) is 0 Å². The molecule has 0 aromatic heterocycles. The van der Waals surface area contributed by atoms with Crippen molar-refractivity contribution in [1.29, 1.82) is 0 Å². The summed E-state index contributed by atoms with van der Waals surface area (Å²) >= 11 is 0. The number of ether oxygens (including phenoxy) is 4. The zero-order valence-electron chi connectivity index (χ0n) is 13.5. The molecule has 0 amide bonds. The Morgan fingerprint density at radius 2 is 1.71 bits per heavy atom. The number of benzene rings is 1. The van der Waals surface area contributed by atoms with Gasteiger partial charge in [0, 0.05) is 12.6 Å². The molecule has 0 bridgehead atoms. The third-order valence-corrected chi connectivity index (χ3v) is 3.21. The molecule has 0 aliphatic carbocycles. The molecule has 0 spiro atoms. The van der Waals surface area contributed by atoms with Gasteiger partial charge in [-0.15, -0.1) is 0 Å². The summed E-state index contributed by atoms with van der Waals surface area (Å²) in [6.45, 7) is 6.84. The van der Waals surface area contributed by atoms with Crippen LogP contribution in [0.5, 0.6) is 17.2 Å². The third kappa shape index (κ3) is 6.23. The summed E-state index contributed by atoms with van der Waals surface area (Å²) in [6.07, 6.45) is 1.12. The first kappa shape index (κ1) is 17.6. The molecule has 0 fully saturated rings. The number of para-hydroxylation sites is 1. The lowest BCUT2D eigenvalue weighted by molar-refractivity contribution is 0.0982. The Balaban J connectivity index is 2.26. The molecule has 1 N–H and O–H groups in total. The van der Waals surface area contributed by atoms with Crippen molar-refractivity contribution >= 4 is 0 Å². The van der Waals surface area contributed by atoms with Crippen molar-refractivity contribution in [3.63, 3.8) is 0 Å². The van der Waals surface area contributed by atoms with E-state index >= 15 is 0 Å². The van der Waals surface area contributed by atoms with Crippen LogP contribution in [-0.4, -0.2) is 46.6 Å². The van der Waals surface area contributed by atoms with Crippen molar-refractivity contribution in [2.24, 2.45) is 0 Å². The molecule has 0 saturated carbocycles. The maximum absolute atomic E-state index is 5.70. The lowest BCUT2D eigenvalue weighted by Gasteiger charge is -2.14. The molecule has 0 aliphatic heterocycles. The summed E-state index contributed by atoms with van der Waals surface area (Å²) in [6, 6.07) is 6.08. The smallest absolute Gasteiger partial charge is 0.203 e. The fraction of sp³-hybridized carbons (Fsp3) is 0.625. The summed E-state index contributed by atoms with van der Waals surface area (Å²) in [5.74, 6) is 1.93. The molecular weight excluding hydrogens is 270 g/mol. The SMILES string of the molecule is CC[C@H](C)NCCOCCOc1c(OC)cccc1OC. The van der Waals surface area contributed by atoms with Crippen LogP contribution in [0.25, 0.3) is 0 Å². The van der Waals surface area contributed by atoms with Gasteiger partial charge < -0.3 is 24.3 Å². The van der Waals surface area contributed by atoms with Crippen LogP contribution >= 0.6 is 0 Å². The van der Waals surface area contributed by atoms with E-state index in [1.165, 1.54) is 0 Å². The number of hydrogen-bond donors (Lipinski definition) is 1. The molecule has 1 aromatic carbocycles. The van der Waals surface area contributed by atoms with Crippen molar-refractivity contribution in [3.8, 4) is 17.2 Å². The van der Waals surface area contributed by atoms with Crippen molar-refractivity contribution < 1.29 is 18.9 Å². The third-order valence-electron chi connectivity index (χ3n) is 3.21. The number of nitrogens with one attached hydrogen (secondary N) is 1. The number of hydrogen-bond acceptors (Lipinski definition) is 5. The van der Waals surface area contributed by atoms with Crippen molar-refractivity contribution in [3.05, 3.63) is 18.2 Å². The second-order valence-corrected chi connectivity index (χ2v) is 4.72. The molecule has 5 heteroatoms. The van der Waals surface area contributed by atoms with E-state index in [1.807, 2.05) is 18.2 Å². The van der Waals surface area contributed by atoms with Gasteiger partial charge in [-0.3, -0.25) is 0 Å². The van der Waals surface area contributed by atoms with Gasteiger partial charge in [-0.25, -0.2) is 0 Å². The van der Waals surface area contributed by atoms with Gasteiger partial charge in [-0.1, -0.05) is 13.0 Å². The molecule has 1 rings (SSSR count). The molecule has 0 unspecified atom stereocenters. The van der Waals surface area contributed by atoms with Gasteiger partial charge in [0.1, 0.15) is 6.61 Å². The zero-order valence-corrected chi connectivity index (χ0v) is 13.5. The van der Waals surface area contributed by atoms with E-state index in [9.17, 15) is 0 Å². The van der Waals surface area contributed by atoms with Gasteiger partial charge in [0.05, 0.1) is 27.4 Å². The van der Waals surface area contributed by atoms with E-state index in [2.05, 4.69) is 19.2 Å². The van der Waals surface area contributed by atoms with E-state index in [0.29, 0.717) is 43.1 Å². The zero-order chi connectivity index (χ0) is 15.5. The second kappa shape index (κ2) is 10.3. The molecule has 5 nitrogen and oxygen atoms in total. The minimum atomic E-state index is 0.458. The topological polar surface area (TPSA) is 49.0 Å². The minimum absolute atomic E-state index is 0.458. The molecule has 0 aliphatic rings. The van der Waals surface area contributed by atoms with Crippen molar-refractivity contribution in [2.45, 2.75) is 26.3 Å². The van der Waals surface area contributed by atoms with Gasteiger partial charge in [0.15, 0.2) is 11.5 Å². The standard InChI is InChI=1S/C16H27NO4/c1-5-13(2)17-9-10-20-11-12-21-16-14(18-3)7-6-8-15(16)19-4/h6-8,13,17H,5,9-12H2,1-4H3/t13-/m0/s1. The highest BCUT2D eigenvalue weighted by molar-refractivity contribution is 5.51. The molecule has 21 heavy (non-hydrogen) atoms. The Labute approximate surface area is 127 Å². The Bertz CT molecular complexity index is 376. The monoisotopic (exact) mass is 297 g/mol. The second-order valence-electron chi connectivity index (χ2n) is 4.72. The molecule has 1 atom stereocenters. The van der Waals surface area contributed by atoms with Gasteiger partial charge in [0.25, 0.3) is 0 Å². The number of rotatable bonds is 11. The normalized spacial score (nSPS) is 12.0. The summed E-state index contributed by atoms with van der Waals surface area (Å²) in [7, 11) is 3.22. The first-order valence-corrected chi connectivity index (χ1v) is 7.37. The average Bonchev–Trinajstić information content (AvgIpc) is 2.53. The predicted octanol–water partition coefficient (Wildman–Crippen LogP) is 2.49. The summed E-state index contributed by atoms with van der Waals surface area (Å²) in [4.78, 5) is 0. The van der Waals surface area contributed by atoms with Crippen LogP contribution < -0.4 is 19.5 Å². The van der Waals surface area contributed by atoms with Crippen LogP contribution in [0.2, 0.25) is 0 Å². The van der Waals surface area contributed by atoms with E-state index in [-0.39, 0.29) is 0 Å². The molecule has 0 saturated heterocycles. The van der Waals surface area contributed by atoms with Gasteiger partial charge in [-0.2, -0.15) is 0 Å². The van der Waals surface area contributed by atoms with Crippen LogP contribution in [-0.2, 0) is 4.74 Å². The quantitative estimate of drug-likeness (QED) is 0.636. The maximum atomic E-state index is 5.70. The Kier molecular flexibility index (Phi) is 8.62. The molecule has 0 heterocycles. The molecule has 1 aromatic rings. The van der Waals surface area contributed by atoms with Gasteiger partial charge >= 0.3 is 0 Å². The summed E-state index contributed by atoms with van der Waals surface area (Å²) in [5, 5.41) is 3.37. The lowest BCUT2D eigenvalue weighted by atomic mass is 10.3.